The van der Waals surface area contributed by atoms with Gasteiger partial charge < -0.3 is 15.8 Å². The highest BCUT2D eigenvalue weighted by Crippen LogP contribution is 2.35. The van der Waals surface area contributed by atoms with Crippen molar-refractivity contribution >= 4 is 17.4 Å². The summed E-state index contributed by atoms with van der Waals surface area (Å²) in [7, 11) is 1.76. The summed E-state index contributed by atoms with van der Waals surface area (Å²) < 4.78 is 20.0. The number of anilines is 1. The van der Waals surface area contributed by atoms with Crippen molar-refractivity contribution in [2.45, 2.75) is 19.4 Å². The van der Waals surface area contributed by atoms with Crippen LogP contribution < -0.4 is 15.8 Å². The predicted molar refractivity (Wildman–Crippen MR) is 90.9 cm³/mol. The van der Waals surface area contributed by atoms with Crippen LogP contribution in [0.25, 0.3) is 0 Å². The minimum Gasteiger partial charge on any atom is -0.451 e. The molecule has 21 heavy (non-hydrogen) atoms. The fourth-order valence-electron chi connectivity index (χ4n) is 1.85. The molecule has 2 aromatic rings. The summed E-state index contributed by atoms with van der Waals surface area (Å²) >= 11 is 6.02. The van der Waals surface area contributed by atoms with E-state index >= 15 is 0 Å². The fourth-order valence-corrected chi connectivity index (χ4v) is 2.04. The Hall–Kier alpha value is -1.85. The smallest absolute Gasteiger partial charge is 0.182 e. The van der Waals surface area contributed by atoms with Crippen LogP contribution in [-0.4, -0.2) is 12.0 Å². The van der Waals surface area contributed by atoms with Crippen molar-refractivity contribution in [3.63, 3.8) is 0 Å². The van der Waals surface area contributed by atoms with Crippen LogP contribution in [0, 0.1) is 5.82 Å². The van der Waals surface area contributed by atoms with Crippen molar-refractivity contribution in [3.05, 3.63) is 46.9 Å². The van der Waals surface area contributed by atoms with Gasteiger partial charge in [0, 0.05) is 24.4 Å². The Bertz CT molecular complexity index is 635. The van der Waals surface area contributed by atoms with Crippen LogP contribution in [0.5, 0.6) is 11.5 Å². The van der Waals surface area contributed by atoms with E-state index in [9.17, 15) is 4.39 Å². The number of hydrogen-bond donors (Lipinski definition) is 2. The van der Waals surface area contributed by atoms with E-state index in [2.05, 4.69) is 10.3 Å². The molecule has 0 radical (unpaired) electrons. The van der Waals surface area contributed by atoms with Gasteiger partial charge in [-0.3, -0.25) is 0 Å². The third-order valence-electron chi connectivity index (χ3n) is 3.13. The summed E-state index contributed by atoms with van der Waals surface area (Å²) in [5.41, 5.74) is 6.27. The molecule has 2 rings (SSSR count). The number of benzene rings is 1. The molecule has 6 heteroatoms. The molecule has 1 atom stereocenters. The number of nitrogens with two attached hydrogens (primary N) is 1. The molecule has 0 aliphatic heterocycles. The van der Waals surface area contributed by atoms with Gasteiger partial charge in [0.15, 0.2) is 11.6 Å². The van der Waals surface area contributed by atoms with Crippen LogP contribution in [-0.2, 0) is 0 Å². The standard InChI is InChI=1S/C15H17ClFN3O.4H2/c1-3-12(18)10-5-6-11(16)15(14(10)17)21-9-4-7-13(19-2)20-8-9;;;;/h4-8,12H,3,18H2,1-2H3,(H,19,20);4*1H/t12-;;;;/m1..../s1. The quantitative estimate of drug-likeness (QED) is 0.805. The van der Waals surface area contributed by atoms with Gasteiger partial charge in [-0.15, -0.1) is 0 Å². The number of halogens is 2. The second-order valence-corrected chi connectivity index (χ2v) is 4.93. The lowest BCUT2D eigenvalue weighted by molar-refractivity contribution is 0.433. The summed E-state index contributed by atoms with van der Waals surface area (Å²) in [6.45, 7) is 1.89. The van der Waals surface area contributed by atoms with E-state index in [1.54, 1.807) is 31.3 Å². The van der Waals surface area contributed by atoms with Crippen molar-refractivity contribution in [1.29, 1.82) is 0 Å². The van der Waals surface area contributed by atoms with Crippen LogP contribution in [0.3, 0.4) is 0 Å². The van der Waals surface area contributed by atoms with Crippen LogP contribution in [0.2, 0.25) is 5.02 Å². The van der Waals surface area contributed by atoms with Gasteiger partial charge in [-0.1, -0.05) is 24.6 Å². The van der Waals surface area contributed by atoms with Crippen LogP contribution in [0.4, 0.5) is 10.2 Å². The number of pyridine rings is 1. The Morgan fingerprint density at radius 1 is 1.43 bits per heavy atom. The number of nitrogens with zero attached hydrogens (tertiary/aromatic N) is 1. The van der Waals surface area contributed by atoms with Gasteiger partial charge in [-0.25, -0.2) is 9.37 Å². The topological polar surface area (TPSA) is 60.2 Å². The highest BCUT2D eigenvalue weighted by atomic mass is 35.5. The third kappa shape index (κ3) is 3.43. The Kier molecular flexibility index (Phi) is 4.98. The zero-order valence-corrected chi connectivity index (χ0v) is 12.6. The van der Waals surface area contributed by atoms with Gasteiger partial charge in [-0.05, 0) is 24.6 Å². The molecule has 0 fully saturated rings. The normalized spacial score (nSPS) is 12.0. The number of ether oxygens (including phenoxy) is 1. The molecule has 0 amide bonds. The molecule has 1 aromatic heterocycles. The van der Waals surface area contributed by atoms with E-state index in [0.29, 0.717) is 23.6 Å². The van der Waals surface area contributed by atoms with Crippen molar-refractivity contribution in [2.75, 3.05) is 12.4 Å². The van der Waals surface area contributed by atoms with Gasteiger partial charge in [0.1, 0.15) is 11.6 Å². The lowest BCUT2D eigenvalue weighted by Crippen LogP contribution is -2.11. The van der Waals surface area contributed by atoms with Gasteiger partial charge in [0.25, 0.3) is 0 Å². The fraction of sp³-hybridized carbons (Fsp3) is 0.267. The maximum absolute atomic E-state index is 14.5. The molecule has 120 valence electrons. The molecule has 0 saturated carbocycles. The minimum absolute atomic E-state index is 0. The Balaban J connectivity index is -0.00000121. The summed E-state index contributed by atoms with van der Waals surface area (Å²) in [6, 6.07) is 6.18. The van der Waals surface area contributed by atoms with Crippen LogP contribution in [0.1, 0.15) is 30.7 Å². The zero-order chi connectivity index (χ0) is 15.4. The molecular formula is C15H25ClFN3O. The number of nitrogens with one attached hydrogen (secondary N) is 1. The predicted octanol–water partition coefficient (Wildman–Crippen LogP) is 5.10. The lowest BCUT2D eigenvalue weighted by atomic mass is 10.0. The van der Waals surface area contributed by atoms with E-state index in [4.69, 9.17) is 22.1 Å². The van der Waals surface area contributed by atoms with E-state index in [0.717, 1.165) is 0 Å². The molecule has 4 nitrogen and oxygen atoms in total. The molecule has 0 spiro atoms. The molecule has 3 N–H and O–H groups in total. The van der Waals surface area contributed by atoms with Crippen molar-refractivity contribution < 1.29 is 14.8 Å². The average molecular weight is 318 g/mol. The molecular weight excluding hydrogens is 293 g/mol. The average Bonchev–Trinajstić information content (AvgIpc) is 2.51. The maximum Gasteiger partial charge on any atom is 0.182 e. The first-order valence-corrected chi connectivity index (χ1v) is 6.99. The summed E-state index contributed by atoms with van der Waals surface area (Å²) in [5.74, 6) is 0.527. The molecule has 0 bridgehead atoms. The van der Waals surface area contributed by atoms with E-state index in [1.165, 1.54) is 6.20 Å². The minimum atomic E-state index is -0.533. The summed E-state index contributed by atoms with van der Waals surface area (Å²) in [4.78, 5) is 4.10. The lowest BCUT2D eigenvalue weighted by Gasteiger charge is -2.15. The zero-order valence-electron chi connectivity index (χ0n) is 11.9. The maximum atomic E-state index is 14.5. The van der Waals surface area contributed by atoms with Crippen molar-refractivity contribution in [1.82, 2.24) is 4.98 Å². The first kappa shape index (κ1) is 15.5. The second-order valence-electron chi connectivity index (χ2n) is 4.53. The summed E-state index contributed by atoms with van der Waals surface area (Å²) in [6.07, 6.45) is 2.12. The SMILES string of the molecule is CC[C@@H](N)c1ccc(Cl)c(Oc2ccc(NC)nc2)c1F.[HH].[HH].[HH].[HH]. The largest absolute Gasteiger partial charge is 0.451 e. The van der Waals surface area contributed by atoms with Crippen LogP contribution in [0.15, 0.2) is 30.5 Å². The number of rotatable bonds is 5. The first-order chi connectivity index (χ1) is 10.1. The molecule has 1 aromatic carbocycles. The van der Waals surface area contributed by atoms with Gasteiger partial charge >= 0.3 is 0 Å². The highest BCUT2D eigenvalue weighted by Gasteiger charge is 2.18. The molecule has 0 saturated heterocycles. The van der Waals surface area contributed by atoms with E-state index in [-0.39, 0.29) is 16.5 Å². The third-order valence-corrected chi connectivity index (χ3v) is 3.43. The second kappa shape index (κ2) is 6.74. The van der Waals surface area contributed by atoms with Crippen molar-refractivity contribution in [3.8, 4) is 11.5 Å². The van der Waals surface area contributed by atoms with Crippen LogP contribution >= 0.6 is 11.6 Å². The Labute approximate surface area is 134 Å². The number of aromatic nitrogens is 1. The first-order valence-electron chi connectivity index (χ1n) is 6.62. The summed E-state index contributed by atoms with van der Waals surface area (Å²) in [5, 5.41) is 3.08. The molecule has 0 aliphatic rings. The van der Waals surface area contributed by atoms with Gasteiger partial charge in [-0.2, -0.15) is 0 Å². The molecule has 0 aliphatic carbocycles. The van der Waals surface area contributed by atoms with Crippen molar-refractivity contribution in [2.24, 2.45) is 5.73 Å². The van der Waals surface area contributed by atoms with E-state index in [1.807, 2.05) is 6.92 Å². The monoisotopic (exact) mass is 317 g/mol. The van der Waals surface area contributed by atoms with Gasteiger partial charge in [0.2, 0.25) is 0 Å². The Morgan fingerprint density at radius 2 is 2.19 bits per heavy atom. The Morgan fingerprint density at radius 3 is 2.76 bits per heavy atom. The molecule has 1 heterocycles. The molecule has 0 unspecified atom stereocenters. The van der Waals surface area contributed by atoms with E-state index < -0.39 is 11.9 Å². The van der Waals surface area contributed by atoms with Gasteiger partial charge in [0.05, 0.1) is 11.2 Å². The highest BCUT2D eigenvalue weighted by molar-refractivity contribution is 6.32. The number of hydrogen-bond acceptors (Lipinski definition) is 4.